The molecule has 0 atom stereocenters. The molecule has 0 saturated carbocycles. The Hall–Kier alpha value is -3.81. The topological polar surface area (TPSA) is 87.6 Å². The third kappa shape index (κ3) is 5.06. The molecule has 2 aromatic carbocycles. The number of imidazole rings is 1. The van der Waals surface area contributed by atoms with E-state index in [2.05, 4.69) is 22.4 Å². The van der Waals surface area contributed by atoms with Crippen LogP contribution in [0.1, 0.15) is 62.0 Å². The molecule has 0 fully saturated rings. The van der Waals surface area contributed by atoms with E-state index in [1.807, 2.05) is 55.5 Å². The number of para-hydroxylation sites is 1. The summed E-state index contributed by atoms with van der Waals surface area (Å²) in [5.74, 6) is -0.141. The fourth-order valence-electron chi connectivity index (χ4n) is 4.13. The number of unbranched alkanes of at least 4 members (excludes halogenated alkanes) is 2. The number of aryl methyl sites for hydroxylation is 1. The van der Waals surface area contributed by atoms with Crippen LogP contribution in [0.5, 0.6) is 0 Å². The SMILES string of the molecule is CCCCCc1cn(C(=O)CCC)c(=O)n1Cc1ccc(-c2ccccc2-n2cnnn2)cc1. The van der Waals surface area contributed by atoms with Crippen molar-refractivity contribution in [3.63, 3.8) is 0 Å². The van der Waals surface area contributed by atoms with E-state index in [1.165, 1.54) is 4.57 Å². The van der Waals surface area contributed by atoms with E-state index < -0.39 is 0 Å². The number of carbonyl (C=O) groups is 1. The number of nitrogens with zero attached hydrogens (tertiary/aromatic N) is 6. The third-order valence-electron chi connectivity index (χ3n) is 5.94. The van der Waals surface area contributed by atoms with Crippen molar-refractivity contribution in [3.05, 3.63) is 82.8 Å². The fourth-order valence-corrected chi connectivity index (χ4v) is 4.13. The summed E-state index contributed by atoms with van der Waals surface area (Å²) < 4.78 is 4.68. The van der Waals surface area contributed by atoms with Crippen LogP contribution in [0.25, 0.3) is 16.8 Å². The number of hydrogen-bond donors (Lipinski definition) is 0. The first-order valence-electron chi connectivity index (χ1n) is 11.9. The van der Waals surface area contributed by atoms with E-state index in [-0.39, 0.29) is 11.6 Å². The molecule has 0 aliphatic heterocycles. The lowest BCUT2D eigenvalue weighted by molar-refractivity contribution is 0.0897. The van der Waals surface area contributed by atoms with Gasteiger partial charge in [-0.15, -0.1) is 5.10 Å². The first-order chi connectivity index (χ1) is 16.6. The van der Waals surface area contributed by atoms with Gasteiger partial charge in [-0.25, -0.2) is 9.36 Å². The summed E-state index contributed by atoms with van der Waals surface area (Å²) in [7, 11) is 0. The summed E-state index contributed by atoms with van der Waals surface area (Å²) in [6.45, 7) is 4.53. The predicted octanol–water partition coefficient (Wildman–Crippen LogP) is 4.51. The average Bonchev–Trinajstić information content (AvgIpc) is 3.49. The Bertz CT molecular complexity index is 1290. The maximum Gasteiger partial charge on any atom is 0.335 e. The van der Waals surface area contributed by atoms with Gasteiger partial charge in [-0.1, -0.05) is 69.2 Å². The summed E-state index contributed by atoms with van der Waals surface area (Å²) in [5, 5.41) is 11.5. The van der Waals surface area contributed by atoms with Crippen LogP contribution in [-0.4, -0.2) is 35.2 Å². The summed E-state index contributed by atoms with van der Waals surface area (Å²) in [5.41, 5.74) is 4.59. The summed E-state index contributed by atoms with van der Waals surface area (Å²) in [4.78, 5) is 25.6. The maximum atomic E-state index is 13.1. The van der Waals surface area contributed by atoms with Crippen molar-refractivity contribution in [2.75, 3.05) is 0 Å². The molecule has 8 nitrogen and oxygen atoms in total. The smallest absolute Gasteiger partial charge is 0.292 e. The van der Waals surface area contributed by atoms with Gasteiger partial charge in [-0.3, -0.25) is 9.36 Å². The van der Waals surface area contributed by atoms with Crippen LogP contribution in [0.3, 0.4) is 0 Å². The van der Waals surface area contributed by atoms with Gasteiger partial charge < -0.3 is 0 Å². The second-order valence-electron chi connectivity index (χ2n) is 8.43. The van der Waals surface area contributed by atoms with E-state index in [4.69, 9.17) is 0 Å². The molecule has 176 valence electrons. The Labute approximate surface area is 198 Å². The van der Waals surface area contributed by atoms with E-state index in [0.717, 1.165) is 60.2 Å². The first kappa shape index (κ1) is 23.4. The molecule has 8 heteroatoms. The maximum absolute atomic E-state index is 13.1. The fraction of sp³-hybridized carbons (Fsp3) is 0.346. The molecule has 0 spiro atoms. The summed E-state index contributed by atoms with van der Waals surface area (Å²) in [6, 6.07) is 16.1. The molecule has 0 radical (unpaired) electrons. The lowest BCUT2D eigenvalue weighted by atomic mass is 10.0. The van der Waals surface area contributed by atoms with Crippen LogP contribution in [0.2, 0.25) is 0 Å². The minimum Gasteiger partial charge on any atom is -0.292 e. The lowest BCUT2D eigenvalue weighted by Crippen LogP contribution is -2.29. The van der Waals surface area contributed by atoms with E-state index >= 15 is 0 Å². The Morgan fingerprint density at radius 3 is 2.47 bits per heavy atom. The van der Waals surface area contributed by atoms with Gasteiger partial charge in [0.25, 0.3) is 0 Å². The van der Waals surface area contributed by atoms with Gasteiger partial charge in [0.2, 0.25) is 5.91 Å². The number of benzene rings is 2. The molecule has 2 aromatic heterocycles. The Kier molecular flexibility index (Phi) is 7.47. The van der Waals surface area contributed by atoms with Gasteiger partial charge in [-0.05, 0) is 46.9 Å². The number of tetrazole rings is 1. The minimum absolute atomic E-state index is 0.141. The normalized spacial score (nSPS) is 11.1. The Balaban J connectivity index is 1.62. The zero-order chi connectivity index (χ0) is 23.9. The predicted molar refractivity (Wildman–Crippen MR) is 131 cm³/mol. The Morgan fingerprint density at radius 1 is 0.971 bits per heavy atom. The lowest BCUT2D eigenvalue weighted by Gasteiger charge is -2.11. The standard InChI is InChI=1S/C26H30N6O2/c1-3-5-6-10-22-18-31(25(33)9-4-2)26(34)30(22)17-20-13-15-21(16-14-20)23-11-7-8-12-24(23)32-19-27-28-29-32/h7-8,11-16,18-19H,3-6,9-10,17H2,1-2H3. The molecular formula is C26H30N6O2. The molecule has 0 bridgehead atoms. The quantitative estimate of drug-likeness (QED) is 0.326. The van der Waals surface area contributed by atoms with Gasteiger partial charge in [0.05, 0.1) is 12.2 Å². The number of rotatable bonds is 10. The van der Waals surface area contributed by atoms with Crippen molar-refractivity contribution in [3.8, 4) is 16.8 Å². The van der Waals surface area contributed by atoms with Crippen LogP contribution < -0.4 is 5.69 Å². The highest BCUT2D eigenvalue weighted by molar-refractivity contribution is 5.78. The minimum atomic E-state index is -0.252. The molecule has 0 aliphatic rings. The average molecular weight is 459 g/mol. The van der Waals surface area contributed by atoms with Crippen molar-refractivity contribution >= 4 is 5.91 Å². The molecule has 0 N–H and O–H groups in total. The third-order valence-corrected chi connectivity index (χ3v) is 5.94. The zero-order valence-electron chi connectivity index (χ0n) is 19.7. The van der Waals surface area contributed by atoms with Gasteiger partial charge in [0.15, 0.2) is 0 Å². The number of hydrogen-bond acceptors (Lipinski definition) is 5. The van der Waals surface area contributed by atoms with Crippen LogP contribution in [0.15, 0.2) is 65.8 Å². The van der Waals surface area contributed by atoms with Crippen LogP contribution in [-0.2, 0) is 13.0 Å². The summed E-state index contributed by atoms with van der Waals surface area (Å²) in [6.07, 6.45) is 8.38. The van der Waals surface area contributed by atoms with E-state index in [0.29, 0.717) is 13.0 Å². The molecule has 4 aromatic rings. The van der Waals surface area contributed by atoms with Gasteiger partial charge in [-0.2, -0.15) is 4.68 Å². The molecule has 0 unspecified atom stereocenters. The van der Waals surface area contributed by atoms with Crippen molar-refractivity contribution in [1.29, 1.82) is 0 Å². The highest BCUT2D eigenvalue weighted by Crippen LogP contribution is 2.26. The van der Waals surface area contributed by atoms with Crippen molar-refractivity contribution in [2.24, 2.45) is 0 Å². The van der Waals surface area contributed by atoms with Crippen molar-refractivity contribution in [2.45, 2.75) is 58.9 Å². The summed E-state index contributed by atoms with van der Waals surface area (Å²) >= 11 is 0. The zero-order valence-corrected chi connectivity index (χ0v) is 19.7. The van der Waals surface area contributed by atoms with Gasteiger partial charge in [0, 0.05) is 23.9 Å². The number of carbonyl (C=O) groups excluding carboxylic acids is 1. The first-order valence-corrected chi connectivity index (χ1v) is 11.9. The van der Waals surface area contributed by atoms with Crippen LogP contribution in [0, 0.1) is 0 Å². The van der Waals surface area contributed by atoms with Crippen LogP contribution >= 0.6 is 0 Å². The molecule has 0 saturated heterocycles. The van der Waals surface area contributed by atoms with E-state index in [9.17, 15) is 9.59 Å². The molecule has 34 heavy (non-hydrogen) atoms. The van der Waals surface area contributed by atoms with Gasteiger partial charge >= 0.3 is 5.69 Å². The largest absolute Gasteiger partial charge is 0.335 e. The molecule has 0 aliphatic carbocycles. The monoisotopic (exact) mass is 458 g/mol. The molecule has 2 heterocycles. The van der Waals surface area contributed by atoms with Gasteiger partial charge in [0.1, 0.15) is 6.33 Å². The second kappa shape index (κ2) is 10.9. The van der Waals surface area contributed by atoms with Crippen molar-refractivity contribution < 1.29 is 4.79 Å². The van der Waals surface area contributed by atoms with E-state index in [1.54, 1.807) is 21.8 Å². The molecule has 0 amide bonds. The number of aromatic nitrogens is 6. The highest BCUT2D eigenvalue weighted by atomic mass is 16.2. The van der Waals surface area contributed by atoms with Crippen molar-refractivity contribution in [1.82, 2.24) is 29.3 Å². The molecular weight excluding hydrogens is 428 g/mol. The van der Waals surface area contributed by atoms with Crippen LogP contribution in [0.4, 0.5) is 0 Å². The molecule has 4 rings (SSSR count). The second-order valence-corrected chi connectivity index (χ2v) is 8.43. The highest BCUT2D eigenvalue weighted by Gasteiger charge is 2.16. The Morgan fingerprint density at radius 2 is 1.76 bits per heavy atom.